The summed E-state index contributed by atoms with van der Waals surface area (Å²) < 4.78 is 26.9. The summed E-state index contributed by atoms with van der Waals surface area (Å²) in [7, 11) is 0. The van der Waals surface area contributed by atoms with Gasteiger partial charge in [-0.3, -0.25) is 0 Å². The van der Waals surface area contributed by atoms with Crippen molar-refractivity contribution in [2.75, 3.05) is 24.5 Å². The third kappa shape index (κ3) is 2.59. The molecule has 4 heteroatoms. The fraction of sp³-hybridized carbons (Fsp3) is 0.600. The average Bonchev–Trinajstić information content (AvgIpc) is 2.39. The van der Waals surface area contributed by atoms with Crippen LogP contribution in [-0.2, 0) is 0 Å². The molecular formula is C15H20F2N2. The molecule has 1 N–H and O–H groups in total. The Bertz CT molecular complexity index is 450. The zero-order valence-electron chi connectivity index (χ0n) is 11.1. The first-order valence-electron chi connectivity index (χ1n) is 7.14. The lowest BCUT2D eigenvalue weighted by Gasteiger charge is -2.47. The van der Waals surface area contributed by atoms with Crippen LogP contribution in [0.25, 0.3) is 0 Å². The van der Waals surface area contributed by atoms with Gasteiger partial charge in [-0.25, -0.2) is 8.78 Å². The summed E-state index contributed by atoms with van der Waals surface area (Å²) in [5, 5.41) is 3.63. The number of hydrogen-bond donors (Lipinski definition) is 1. The maximum absolute atomic E-state index is 13.9. The number of hydrogen-bond acceptors (Lipinski definition) is 2. The molecule has 1 aliphatic heterocycles. The van der Waals surface area contributed by atoms with Crippen molar-refractivity contribution in [3.8, 4) is 0 Å². The van der Waals surface area contributed by atoms with E-state index >= 15 is 0 Å². The van der Waals surface area contributed by atoms with E-state index in [2.05, 4.69) is 10.2 Å². The van der Waals surface area contributed by atoms with Crippen LogP contribution in [0.5, 0.6) is 0 Å². The highest BCUT2D eigenvalue weighted by Crippen LogP contribution is 2.33. The van der Waals surface area contributed by atoms with Crippen molar-refractivity contribution in [1.82, 2.24) is 5.32 Å². The standard InChI is InChI=1S/C15H20F2N2/c16-12-4-5-14(13(17)10-12)19-9-8-18-15(11-19)6-2-1-3-7-15/h4-5,10,18H,1-3,6-9,11H2. The molecule has 2 nitrogen and oxygen atoms in total. The lowest BCUT2D eigenvalue weighted by Crippen LogP contribution is -2.61. The molecule has 1 aliphatic carbocycles. The predicted octanol–water partition coefficient (Wildman–Crippen LogP) is 3.08. The first-order valence-corrected chi connectivity index (χ1v) is 7.14. The van der Waals surface area contributed by atoms with E-state index in [4.69, 9.17) is 0 Å². The summed E-state index contributed by atoms with van der Waals surface area (Å²) in [5.41, 5.74) is 0.671. The number of piperazine rings is 1. The number of benzene rings is 1. The number of rotatable bonds is 1. The number of anilines is 1. The number of nitrogens with zero attached hydrogens (tertiary/aromatic N) is 1. The van der Waals surface area contributed by atoms with E-state index < -0.39 is 11.6 Å². The van der Waals surface area contributed by atoms with Gasteiger partial charge >= 0.3 is 0 Å². The zero-order valence-corrected chi connectivity index (χ0v) is 11.1. The van der Waals surface area contributed by atoms with Crippen LogP contribution < -0.4 is 10.2 Å². The van der Waals surface area contributed by atoms with Crippen LogP contribution >= 0.6 is 0 Å². The van der Waals surface area contributed by atoms with Gasteiger partial charge in [0.25, 0.3) is 0 Å². The molecule has 0 aromatic heterocycles. The molecule has 3 rings (SSSR count). The highest BCUT2D eigenvalue weighted by atomic mass is 19.1. The van der Waals surface area contributed by atoms with E-state index in [0.717, 1.165) is 38.5 Å². The predicted molar refractivity (Wildman–Crippen MR) is 72.4 cm³/mol. The van der Waals surface area contributed by atoms with E-state index in [0.29, 0.717) is 5.69 Å². The van der Waals surface area contributed by atoms with Gasteiger partial charge in [0, 0.05) is 31.2 Å². The van der Waals surface area contributed by atoms with Crippen LogP contribution in [0.3, 0.4) is 0 Å². The second-order valence-corrected chi connectivity index (χ2v) is 5.79. The van der Waals surface area contributed by atoms with Crippen LogP contribution in [0.2, 0.25) is 0 Å². The molecule has 2 aliphatic rings. The average molecular weight is 266 g/mol. The Balaban J connectivity index is 1.81. The quantitative estimate of drug-likeness (QED) is 0.840. The molecule has 1 aromatic rings. The number of nitrogens with one attached hydrogen (secondary N) is 1. The SMILES string of the molecule is Fc1ccc(N2CCNC3(CCCCC3)C2)c(F)c1. The van der Waals surface area contributed by atoms with Gasteiger partial charge in [-0.05, 0) is 25.0 Å². The van der Waals surface area contributed by atoms with Crippen LogP contribution in [-0.4, -0.2) is 25.2 Å². The van der Waals surface area contributed by atoms with Crippen LogP contribution in [0.4, 0.5) is 14.5 Å². The summed E-state index contributed by atoms with van der Waals surface area (Å²) >= 11 is 0. The molecule has 1 saturated heterocycles. The van der Waals surface area contributed by atoms with Crippen molar-refractivity contribution in [2.45, 2.75) is 37.6 Å². The highest BCUT2D eigenvalue weighted by molar-refractivity contribution is 5.49. The van der Waals surface area contributed by atoms with Gasteiger partial charge in [0.15, 0.2) is 0 Å². The van der Waals surface area contributed by atoms with E-state index in [1.165, 1.54) is 25.3 Å². The molecule has 1 saturated carbocycles. The minimum absolute atomic E-state index is 0.136. The summed E-state index contributed by atoms with van der Waals surface area (Å²) in [6.45, 7) is 2.48. The fourth-order valence-electron chi connectivity index (χ4n) is 3.46. The van der Waals surface area contributed by atoms with E-state index in [1.54, 1.807) is 6.07 Å². The Hall–Kier alpha value is -1.16. The lowest BCUT2D eigenvalue weighted by molar-refractivity contribution is 0.216. The van der Waals surface area contributed by atoms with Crippen molar-refractivity contribution in [3.05, 3.63) is 29.8 Å². The van der Waals surface area contributed by atoms with Gasteiger partial charge in [0.05, 0.1) is 5.69 Å². The van der Waals surface area contributed by atoms with Crippen molar-refractivity contribution < 1.29 is 8.78 Å². The van der Waals surface area contributed by atoms with E-state index in [-0.39, 0.29) is 5.54 Å². The maximum Gasteiger partial charge on any atom is 0.149 e. The van der Waals surface area contributed by atoms with Crippen LogP contribution in [0.1, 0.15) is 32.1 Å². The smallest absolute Gasteiger partial charge is 0.149 e. The minimum Gasteiger partial charge on any atom is -0.366 e. The third-order valence-electron chi connectivity index (χ3n) is 4.44. The molecule has 0 bridgehead atoms. The van der Waals surface area contributed by atoms with Gasteiger partial charge in [0.2, 0.25) is 0 Å². The lowest BCUT2D eigenvalue weighted by atomic mass is 9.80. The van der Waals surface area contributed by atoms with E-state index in [1.807, 2.05) is 0 Å². The second kappa shape index (κ2) is 5.08. The molecule has 0 radical (unpaired) electrons. The normalized spacial score (nSPS) is 22.7. The molecular weight excluding hydrogens is 246 g/mol. The maximum atomic E-state index is 13.9. The van der Waals surface area contributed by atoms with Gasteiger partial charge in [-0.1, -0.05) is 19.3 Å². The molecule has 0 atom stereocenters. The van der Waals surface area contributed by atoms with Gasteiger partial charge < -0.3 is 10.2 Å². The van der Waals surface area contributed by atoms with Gasteiger partial charge in [-0.2, -0.15) is 0 Å². The third-order valence-corrected chi connectivity index (χ3v) is 4.44. The molecule has 0 unspecified atom stereocenters. The van der Waals surface area contributed by atoms with Crippen LogP contribution in [0.15, 0.2) is 18.2 Å². The van der Waals surface area contributed by atoms with Gasteiger partial charge in [0.1, 0.15) is 11.6 Å². The Kier molecular flexibility index (Phi) is 3.44. The Morgan fingerprint density at radius 3 is 2.63 bits per heavy atom. The van der Waals surface area contributed by atoms with Crippen molar-refractivity contribution in [1.29, 1.82) is 0 Å². The summed E-state index contributed by atoms with van der Waals surface area (Å²) in [5.74, 6) is -0.961. The monoisotopic (exact) mass is 266 g/mol. The van der Waals surface area contributed by atoms with Crippen molar-refractivity contribution in [3.63, 3.8) is 0 Å². The largest absolute Gasteiger partial charge is 0.366 e. The van der Waals surface area contributed by atoms with Crippen LogP contribution in [0, 0.1) is 11.6 Å². The summed E-state index contributed by atoms with van der Waals surface area (Å²) in [6, 6.07) is 3.88. The number of halogens is 2. The van der Waals surface area contributed by atoms with Crippen molar-refractivity contribution >= 4 is 5.69 Å². The molecule has 1 aromatic carbocycles. The minimum atomic E-state index is -0.510. The molecule has 1 heterocycles. The molecule has 1 spiro atoms. The first kappa shape index (κ1) is 12.9. The molecule has 0 amide bonds. The van der Waals surface area contributed by atoms with Crippen molar-refractivity contribution in [2.24, 2.45) is 0 Å². The summed E-state index contributed by atoms with van der Waals surface area (Å²) in [4.78, 5) is 2.07. The second-order valence-electron chi connectivity index (χ2n) is 5.79. The Labute approximate surface area is 112 Å². The first-order chi connectivity index (χ1) is 9.19. The Morgan fingerprint density at radius 2 is 1.89 bits per heavy atom. The van der Waals surface area contributed by atoms with E-state index in [9.17, 15) is 8.78 Å². The molecule has 19 heavy (non-hydrogen) atoms. The topological polar surface area (TPSA) is 15.3 Å². The van der Waals surface area contributed by atoms with Gasteiger partial charge in [-0.15, -0.1) is 0 Å². The molecule has 104 valence electrons. The fourth-order valence-corrected chi connectivity index (χ4v) is 3.46. The molecule has 2 fully saturated rings. The summed E-state index contributed by atoms with van der Waals surface area (Å²) in [6.07, 6.45) is 6.10. The highest BCUT2D eigenvalue weighted by Gasteiger charge is 2.36. The zero-order chi connectivity index (χ0) is 13.3. The Morgan fingerprint density at radius 1 is 1.11 bits per heavy atom.